The zero-order valence-electron chi connectivity index (χ0n) is 12.4. The number of nitrogens with one attached hydrogen (secondary N) is 1. The van der Waals surface area contributed by atoms with Gasteiger partial charge in [-0.2, -0.15) is 0 Å². The monoisotopic (exact) mass is 389 g/mol. The molecule has 6 nitrogen and oxygen atoms in total. The molecule has 2 aromatic rings. The Bertz CT molecular complexity index is 882. The molecule has 3 aliphatic rings. The number of amides is 1. The molecule has 0 aromatic heterocycles. The standard InChI is InChI=1S/C17H12BrNO5/c18-11-4-15-13(21-6-23-15)1-9(11)8-3-17(20)19-12-5-16-14(2-10(8)12)22-7-24-16/h1-2,4-5,8H,3,6-7H2,(H,19,20)/t8-/m1/s1. The van der Waals surface area contributed by atoms with Crippen LogP contribution in [-0.2, 0) is 4.79 Å². The Balaban J connectivity index is 1.66. The minimum Gasteiger partial charge on any atom is -0.454 e. The SMILES string of the molecule is O=C1C[C@H](c2cc3c(cc2Br)OCO3)c2cc3c(cc2N1)OCO3. The third kappa shape index (κ3) is 2.04. The van der Waals surface area contributed by atoms with Crippen molar-refractivity contribution in [1.29, 1.82) is 0 Å². The molecule has 5 rings (SSSR count). The second-order valence-electron chi connectivity index (χ2n) is 5.82. The molecule has 2 aromatic carbocycles. The summed E-state index contributed by atoms with van der Waals surface area (Å²) >= 11 is 3.60. The summed E-state index contributed by atoms with van der Waals surface area (Å²) in [5, 5.41) is 2.92. The van der Waals surface area contributed by atoms with Gasteiger partial charge in [0.1, 0.15) is 0 Å². The number of hydrogen-bond donors (Lipinski definition) is 1. The maximum Gasteiger partial charge on any atom is 0.231 e. The Morgan fingerprint density at radius 2 is 1.46 bits per heavy atom. The fourth-order valence-corrected chi connectivity index (χ4v) is 3.93. The molecule has 0 fully saturated rings. The summed E-state index contributed by atoms with van der Waals surface area (Å²) in [7, 11) is 0. The number of halogens is 1. The average Bonchev–Trinajstić information content (AvgIpc) is 3.19. The van der Waals surface area contributed by atoms with Crippen LogP contribution >= 0.6 is 15.9 Å². The van der Waals surface area contributed by atoms with Crippen LogP contribution in [0.1, 0.15) is 23.5 Å². The van der Waals surface area contributed by atoms with Crippen molar-refractivity contribution in [3.8, 4) is 23.0 Å². The van der Waals surface area contributed by atoms with E-state index < -0.39 is 0 Å². The van der Waals surface area contributed by atoms with Crippen LogP contribution in [0.3, 0.4) is 0 Å². The number of hydrogen-bond acceptors (Lipinski definition) is 5. The maximum atomic E-state index is 12.2. The lowest BCUT2D eigenvalue weighted by Crippen LogP contribution is -2.23. The summed E-state index contributed by atoms with van der Waals surface area (Å²) in [5.41, 5.74) is 2.73. The highest BCUT2D eigenvalue weighted by molar-refractivity contribution is 9.10. The summed E-state index contributed by atoms with van der Waals surface area (Å²) in [6.07, 6.45) is 0.352. The van der Waals surface area contributed by atoms with Crippen molar-refractivity contribution < 1.29 is 23.7 Å². The molecule has 3 aliphatic heterocycles. The zero-order chi connectivity index (χ0) is 16.3. The van der Waals surface area contributed by atoms with Gasteiger partial charge in [-0.1, -0.05) is 15.9 Å². The van der Waals surface area contributed by atoms with Crippen LogP contribution in [-0.4, -0.2) is 19.5 Å². The molecule has 1 N–H and O–H groups in total. The second-order valence-corrected chi connectivity index (χ2v) is 6.68. The largest absolute Gasteiger partial charge is 0.454 e. The molecular formula is C17H12BrNO5. The van der Waals surface area contributed by atoms with E-state index in [0.29, 0.717) is 29.4 Å². The topological polar surface area (TPSA) is 66.0 Å². The first-order chi connectivity index (χ1) is 11.7. The normalized spacial score (nSPS) is 19.9. The number of carbonyl (C=O) groups is 1. The Morgan fingerprint density at radius 3 is 2.17 bits per heavy atom. The number of fused-ring (bicyclic) bond motifs is 3. The summed E-state index contributed by atoms with van der Waals surface area (Å²) in [4.78, 5) is 12.2. The molecule has 0 saturated heterocycles. The Hall–Kier alpha value is -2.41. The Morgan fingerprint density at radius 1 is 0.875 bits per heavy atom. The van der Waals surface area contributed by atoms with Gasteiger partial charge in [-0.3, -0.25) is 4.79 Å². The Kier molecular flexibility index (Phi) is 2.94. The molecule has 3 heterocycles. The highest BCUT2D eigenvalue weighted by Gasteiger charge is 2.32. The van der Waals surface area contributed by atoms with E-state index in [1.54, 1.807) is 0 Å². The Labute approximate surface area is 145 Å². The van der Waals surface area contributed by atoms with Gasteiger partial charge in [0.2, 0.25) is 19.5 Å². The lowest BCUT2D eigenvalue weighted by molar-refractivity contribution is -0.116. The van der Waals surface area contributed by atoms with Gasteiger partial charge in [0.25, 0.3) is 0 Å². The van der Waals surface area contributed by atoms with E-state index in [1.165, 1.54) is 0 Å². The molecule has 0 saturated carbocycles. The molecule has 122 valence electrons. The lowest BCUT2D eigenvalue weighted by atomic mass is 9.84. The number of ether oxygens (including phenoxy) is 4. The summed E-state index contributed by atoms with van der Waals surface area (Å²) in [6, 6.07) is 7.59. The van der Waals surface area contributed by atoms with Gasteiger partial charge < -0.3 is 24.3 Å². The van der Waals surface area contributed by atoms with E-state index in [2.05, 4.69) is 21.2 Å². The van der Waals surface area contributed by atoms with E-state index in [1.807, 2.05) is 24.3 Å². The minimum atomic E-state index is -0.105. The lowest BCUT2D eigenvalue weighted by Gasteiger charge is -2.27. The van der Waals surface area contributed by atoms with Crippen LogP contribution < -0.4 is 24.3 Å². The number of rotatable bonds is 1. The van der Waals surface area contributed by atoms with Gasteiger partial charge in [0.15, 0.2) is 23.0 Å². The van der Waals surface area contributed by atoms with Crippen LogP contribution in [0.25, 0.3) is 0 Å². The predicted octanol–water partition coefficient (Wildman–Crippen LogP) is 3.38. The quantitative estimate of drug-likeness (QED) is 0.809. The molecule has 0 bridgehead atoms. The molecule has 24 heavy (non-hydrogen) atoms. The van der Waals surface area contributed by atoms with E-state index in [9.17, 15) is 4.79 Å². The predicted molar refractivity (Wildman–Crippen MR) is 87.9 cm³/mol. The van der Waals surface area contributed by atoms with Crippen LogP contribution in [0.4, 0.5) is 5.69 Å². The molecule has 0 spiro atoms. The van der Waals surface area contributed by atoms with Crippen molar-refractivity contribution >= 4 is 27.5 Å². The van der Waals surface area contributed by atoms with Gasteiger partial charge in [-0.25, -0.2) is 0 Å². The third-order valence-corrected chi connectivity index (χ3v) is 5.14. The molecule has 1 atom stereocenters. The maximum absolute atomic E-state index is 12.2. The molecule has 0 aliphatic carbocycles. The van der Waals surface area contributed by atoms with Gasteiger partial charge in [0.05, 0.1) is 0 Å². The van der Waals surface area contributed by atoms with Crippen LogP contribution in [0, 0.1) is 0 Å². The molecular weight excluding hydrogens is 378 g/mol. The van der Waals surface area contributed by atoms with E-state index >= 15 is 0 Å². The number of carbonyl (C=O) groups excluding carboxylic acids is 1. The fourth-order valence-electron chi connectivity index (χ4n) is 3.33. The number of benzene rings is 2. The summed E-state index contributed by atoms with van der Waals surface area (Å²) < 4.78 is 22.7. The molecule has 7 heteroatoms. The smallest absolute Gasteiger partial charge is 0.231 e. The van der Waals surface area contributed by atoms with Crippen LogP contribution in [0.5, 0.6) is 23.0 Å². The van der Waals surface area contributed by atoms with E-state index in [0.717, 1.165) is 21.3 Å². The van der Waals surface area contributed by atoms with Gasteiger partial charge >= 0.3 is 0 Å². The van der Waals surface area contributed by atoms with Crippen molar-refractivity contribution in [2.45, 2.75) is 12.3 Å². The van der Waals surface area contributed by atoms with Crippen molar-refractivity contribution in [3.05, 3.63) is 39.9 Å². The molecule has 0 radical (unpaired) electrons. The average molecular weight is 390 g/mol. The fraction of sp³-hybridized carbons (Fsp3) is 0.235. The highest BCUT2D eigenvalue weighted by Crippen LogP contribution is 2.48. The van der Waals surface area contributed by atoms with Crippen molar-refractivity contribution in [3.63, 3.8) is 0 Å². The number of anilines is 1. The van der Waals surface area contributed by atoms with Gasteiger partial charge in [-0.15, -0.1) is 0 Å². The van der Waals surface area contributed by atoms with Gasteiger partial charge in [-0.05, 0) is 29.3 Å². The zero-order valence-corrected chi connectivity index (χ0v) is 14.0. The molecule has 0 unspecified atom stereocenters. The first kappa shape index (κ1) is 14.0. The second kappa shape index (κ2) is 5.04. The first-order valence-electron chi connectivity index (χ1n) is 7.51. The van der Waals surface area contributed by atoms with E-state index in [4.69, 9.17) is 18.9 Å². The molecule has 1 amide bonds. The summed E-state index contributed by atoms with van der Waals surface area (Å²) in [5.74, 6) is 2.62. The highest BCUT2D eigenvalue weighted by atomic mass is 79.9. The van der Waals surface area contributed by atoms with Crippen LogP contribution in [0.2, 0.25) is 0 Å². The third-order valence-electron chi connectivity index (χ3n) is 4.45. The van der Waals surface area contributed by atoms with Crippen molar-refractivity contribution in [2.24, 2.45) is 0 Å². The minimum absolute atomic E-state index is 0.0315. The van der Waals surface area contributed by atoms with Crippen molar-refractivity contribution in [1.82, 2.24) is 0 Å². The van der Waals surface area contributed by atoms with Crippen molar-refractivity contribution in [2.75, 3.05) is 18.9 Å². The first-order valence-corrected chi connectivity index (χ1v) is 8.31. The van der Waals surface area contributed by atoms with Gasteiger partial charge in [0, 0.05) is 28.6 Å². The van der Waals surface area contributed by atoms with Crippen LogP contribution in [0.15, 0.2) is 28.7 Å². The summed E-state index contributed by atoms with van der Waals surface area (Å²) in [6.45, 7) is 0.413. The van der Waals surface area contributed by atoms with E-state index in [-0.39, 0.29) is 25.4 Å².